The molecule has 7 rings (SSSR count). The molecule has 0 saturated heterocycles. The summed E-state index contributed by atoms with van der Waals surface area (Å²) in [4.78, 5) is 4.81. The van der Waals surface area contributed by atoms with Crippen LogP contribution in [-0.4, -0.2) is 30.6 Å². The zero-order valence-electron chi connectivity index (χ0n) is 23.2. The fourth-order valence-corrected chi connectivity index (χ4v) is 6.41. The largest absolute Gasteiger partial charge is 0.474 e. The molecule has 0 atom stereocenters. The van der Waals surface area contributed by atoms with Crippen molar-refractivity contribution >= 4 is 10.9 Å². The summed E-state index contributed by atoms with van der Waals surface area (Å²) in [6, 6.07) is 36.0. The molecule has 0 amide bonds. The van der Waals surface area contributed by atoms with E-state index in [1.165, 1.54) is 19.3 Å². The van der Waals surface area contributed by atoms with E-state index in [4.69, 9.17) is 14.8 Å². The maximum atomic E-state index is 6.70. The van der Waals surface area contributed by atoms with E-state index in [2.05, 4.69) is 107 Å². The first kappa shape index (κ1) is 25.3. The van der Waals surface area contributed by atoms with E-state index >= 15 is 0 Å². The summed E-state index contributed by atoms with van der Waals surface area (Å²) in [7, 11) is 1.96. The van der Waals surface area contributed by atoms with Gasteiger partial charge in [-0.3, -0.25) is 4.68 Å². The molecule has 1 saturated carbocycles. The molecule has 1 aliphatic carbocycles. The van der Waals surface area contributed by atoms with Gasteiger partial charge >= 0.3 is 0 Å². The van der Waals surface area contributed by atoms with E-state index < -0.39 is 5.54 Å². The smallest absolute Gasteiger partial charge is 0.225 e. The Morgan fingerprint density at radius 3 is 1.83 bits per heavy atom. The molecule has 3 heterocycles. The summed E-state index contributed by atoms with van der Waals surface area (Å²) >= 11 is 0. The van der Waals surface area contributed by atoms with E-state index in [9.17, 15) is 0 Å². The molecule has 1 aliphatic rings. The van der Waals surface area contributed by atoms with E-state index in [0.29, 0.717) is 5.88 Å². The highest BCUT2D eigenvalue weighted by Crippen LogP contribution is 2.45. The van der Waals surface area contributed by atoms with Crippen LogP contribution >= 0.6 is 0 Å². The fourth-order valence-electron chi connectivity index (χ4n) is 6.41. The lowest BCUT2D eigenvalue weighted by Gasteiger charge is -2.37. The first-order valence-corrected chi connectivity index (χ1v) is 14.5. The van der Waals surface area contributed by atoms with Crippen molar-refractivity contribution in [3.63, 3.8) is 0 Å². The molecule has 41 heavy (non-hydrogen) atoms. The molecule has 0 unspecified atom stereocenters. The zero-order chi connectivity index (χ0) is 27.6. The molecule has 3 aromatic carbocycles. The molecule has 6 aromatic rings. The van der Waals surface area contributed by atoms with Gasteiger partial charge in [0.15, 0.2) is 0 Å². The lowest BCUT2D eigenvalue weighted by atomic mass is 9.77. The SMILES string of the molecule is Cn1nccc1-c1nn(C(c2ccccc2)(c2ccccc2)c2ccccc2)c2ccnc(OC3CCCCC3)c12. The van der Waals surface area contributed by atoms with E-state index in [1.54, 1.807) is 0 Å². The van der Waals surface area contributed by atoms with Gasteiger partial charge < -0.3 is 4.74 Å². The summed E-state index contributed by atoms with van der Waals surface area (Å²) in [6.07, 6.45) is 9.58. The number of pyridine rings is 1. The molecule has 0 spiro atoms. The molecule has 0 radical (unpaired) electrons. The first-order chi connectivity index (χ1) is 20.3. The van der Waals surface area contributed by atoms with Crippen LogP contribution < -0.4 is 4.74 Å². The minimum Gasteiger partial charge on any atom is -0.474 e. The predicted molar refractivity (Wildman–Crippen MR) is 162 cm³/mol. The van der Waals surface area contributed by atoms with Crippen LogP contribution in [0.2, 0.25) is 0 Å². The van der Waals surface area contributed by atoms with E-state index in [-0.39, 0.29) is 6.10 Å². The Morgan fingerprint density at radius 2 is 1.29 bits per heavy atom. The van der Waals surface area contributed by atoms with Gasteiger partial charge in [-0.25, -0.2) is 9.67 Å². The minimum atomic E-state index is -0.762. The highest BCUT2D eigenvalue weighted by molar-refractivity contribution is 5.97. The Bertz CT molecular complexity index is 1660. The number of aromatic nitrogens is 5. The van der Waals surface area contributed by atoms with Crippen molar-refractivity contribution in [1.29, 1.82) is 0 Å². The van der Waals surface area contributed by atoms with Gasteiger partial charge in [-0.2, -0.15) is 10.2 Å². The fraction of sp³-hybridized carbons (Fsp3) is 0.229. The zero-order valence-corrected chi connectivity index (χ0v) is 23.2. The van der Waals surface area contributed by atoms with Gasteiger partial charge in [0.05, 0.1) is 16.6 Å². The number of ether oxygens (including phenoxy) is 1. The van der Waals surface area contributed by atoms with Gasteiger partial charge in [0, 0.05) is 19.4 Å². The third-order valence-corrected chi connectivity index (χ3v) is 8.35. The number of hydrogen-bond acceptors (Lipinski definition) is 4. The van der Waals surface area contributed by atoms with Crippen molar-refractivity contribution in [2.45, 2.75) is 43.7 Å². The molecular formula is C35H33N5O. The maximum Gasteiger partial charge on any atom is 0.225 e. The first-order valence-electron chi connectivity index (χ1n) is 14.5. The van der Waals surface area contributed by atoms with Gasteiger partial charge in [0.1, 0.15) is 17.3 Å². The average Bonchev–Trinajstić information content (AvgIpc) is 3.64. The molecule has 0 N–H and O–H groups in total. The van der Waals surface area contributed by atoms with E-state index in [0.717, 1.165) is 51.8 Å². The molecule has 1 fully saturated rings. The molecule has 0 bridgehead atoms. The second-order valence-electron chi connectivity index (χ2n) is 10.8. The van der Waals surface area contributed by atoms with Crippen LogP contribution in [0.5, 0.6) is 5.88 Å². The summed E-state index contributed by atoms with van der Waals surface area (Å²) in [5.41, 5.74) is 5.27. The monoisotopic (exact) mass is 539 g/mol. The van der Waals surface area contributed by atoms with Crippen LogP contribution in [0.15, 0.2) is 116 Å². The van der Waals surface area contributed by atoms with Gasteiger partial charge in [-0.15, -0.1) is 0 Å². The van der Waals surface area contributed by atoms with Crippen molar-refractivity contribution in [3.8, 4) is 17.3 Å². The number of aryl methyl sites for hydroxylation is 1. The highest BCUT2D eigenvalue weighted by atomic mass is 16.5. The molecule has 6 nitrogen and oxygen atoms in total. The normalized spacial score (nSPS) is 14.4. The van der Waals surface area contributed by atoms with Crippen molar-refractivity contribution in [3.05, 3.63) is 132 Å². The van der Waals surface area contributed by atoms with Crippen LogP contribution in [0.4, 0.5) is 0 Å². The highest BCUT2D eigenvalue weighted by Gasteiger charge is 2.41. The quantitative estimate of drug-likeness (QED) is 0.199. The summed E-state index contributed by atoms with van der Waals surface area (Å²) in [5, 5.41) is 10.9. The predicted octanol–water partition coefficient (Wildman–Crippen LogP) is 7.38. The summed E-state index contributed by atoms with van der Waals surface area (Å²) in [6.45, 7) is 0. The van der Waals surface area contributed by atoms with Crippen LogP contribution in [0.3, 0.4) is 0 Å². The summed E-state index contributed by atoms with van der Waals surface area (Å²) in [5.74, 6) is 0.639. The Morgan fingerprint density at radius 1 is 0.707 bits per heavy atom. The third kappa shape index (κ3) is 4.31. The topological polar surface area (TPSA) is 57.8 Å². The van der Waals surface area contributed by atoms with Gasteiger partial charge in [-0.05, 0) is 54.5 Å². The molecule has 204 valence electrons. The average molecular weight is 540 g/mol. The van der Waals surface area contributed by atoms with Crippen molar-refractivity contribution in [1.82, 2.24) is 24.5 Å². The number of nitrogens with zero attached hydrogens (tertiary/aromatic N) is 5. The van der Waals surface area contributed by atoms with Crippen LogP contribution in [0.1, 0.15) is 48.8 Å². The van der Waals surface area contributed by atoms with Crippen LogP contribution in [0, 0.1) is 0 Å². The van der Waals surface area contributed by atoms with Crippen molar-refractivity contribution in [2.75, 3.05) is 0 Å². The Labute approximate surface area is 240 Å². The Hall–Kier alpha value is -4.71. The molecular weight excluding hydrogens is 506 g/mol. The lowest BCUT2D eigenvalue weighted by Crippen LogP contribution is -2.38. The third-order valence-electron chi connectivity index (χ3n) is 8.35. The molecule has 6 heteroatoms. The maximum absolute atomic E-state index is 6.70. The molecule has 3 aromatic heterocycles. The number of rotatable bonds is 7. The van der Waals surface area contributed by atoms with Crippen molar-refractivity contribution in [2.24, 2.45) is 7.05 Å². The van der Waals surface area contributed by atoms with Gasteiger partial charge in [-0.1, -0.05) is 97.4 Å². The van der Waals surface area contributed by atoms with Crippen molar-refractivity contribution < 1.29 is 4.74 Å². The van der Waals surface area contributed by atoms with Crippen LogP contribution in [-0.2, 0) is 12.6 Å². The second kappa shape index (κ2) is 10.7. The summed E-state index contributed by atoms with van der Waals surface area (Å²) < 4.78 is 10.8. The van der Waals surface area contributed by atoms with Gasteiger partial charge in [0.25, 0.3) is 0 Å². The van der Waals surface area contributed by atoms with E-state index in [1.807, 2.05) is 30.2 Å². The lowest BCUT2D eigenvalue weighted by molar-refractivity contribution is 0.151. The number of benzene rings is 3. The second-order valence-corrected chi connectivity index (χ2v) is 10.8. The van der Waals surface area contributed by atoms with Gasteiger partial charge in [0.2, 0.25) is 5.88 Å². The molecule has 0 aliphatic heterocycles. The standard InChI is InChI=1S/C35H33N5O/c1-39-31(23-25-37-39)33-32-30(22-24-36-34(32)41-29-20-12-5-13-21-29)40(38-33)35(26-14-6-2-7-15-26,27-16-8-3-9-17-27)28-18-10-4-11-19-28/h2-4,6-11,14-19,22-25,29H,5,12-13,20-21H2,1H3. The van der Waals surface area contributed by atoms with Crippen LogP contribution in [0.25, 0.3) is 22.3 Å². The minimum absolute atomic E-state index is 0.159. The Balaban J connectivity index is 1.59. The Kier molecular flexibility index (Phi) is 6.59. The number of hydrogen-bond donors (Lipinski definition) is 0. The number of fused-ring (bicyclic) bond motifs is 1.